The highest BCUT2D eigenvalue weighted by Crippen LogP contribution is 2.55. The van der Waals surface area contributed by atoms with Crippen LogP contribution in [0.25, 0.3) is 88.3 Å². The van der Waals surface area contributed by atoms with Crippen molar-refractivity contribution >= 4 is 78.8 Å². The van der Waals surface area contributed by atoms with Crippen LogP contribution in [0.15, 0.2) is 285 Å². The second-order valence-corrected chi connectivity index (χ2v) is 22.4. The second-order valence-electron chi connectivity index (χ2n) is 22.4. The monoisotopic (exact) mass is 1020 g/mol. The van der Waals surface area contributed by atoms with Crippen molar-refractivity contribution in [1.29, 1.82) is 0 Å². The molecule has 3 aliphatic rings. The van der Waals surface area contributed by atoms with Gasteiger partial charge >= 0.3 is 0 Å². The molecule has 0 spiro atoms. The molecule has 0 fully saturated rings. The molecule has 0 radical (unpaired) electrons. The Kier molecular flexibility index (Phi) is 10.4. The van der Waals surface area contributed by atoms with Crippen LogP contribution in [0.3, 0.4) is 0 Å². The maximum atomic E-state index is 2.63. The fourth-order valence-corrected chi connectivity index (χ4v) is 13.7. The molecule has 80 heavy (non-hydrogen) atoms. The van der Waals surface area contributed by atoms with Crippen LogP contribution in [-0.4, -0.2) is 6.71 Å². The van der Waals surface area contributed by atoms with E-state index >= 15 is 0 Å². The summed E-state index contributed by atoms with van der Waals surface area (Å²) in [5.74, 6) is 0. The van der Waals surface area contributed by atoms with E-state index in [0.29, 0.717) is 0 Å². The van der Waals surface area contributed by atoms with Gasteiger partial charge in [-0.1, -0.05) is 238 Å². The molecule has 13 aromatic carbocycles. The zero-order valence-electron chi connectivity index (χ0n) is 44.6. The Morgan fingerprint density at radius 1 is 0.275 bits per heavy atom. The Morgan fingerprint density at radius 2 is 0.637 bits per heavy atom. The normalized spacial score (nSPS) is 13.4. The van der Waals surface area contributed by atoms with Gasteiger partial charge in [-0.25, -0.2) is 0 Å². The van der Waals surface area contributed by atoms with Gasteiger partial charge in [-0.15, -0.1) is 0 Å². The molecule has 1 aliphatic carbocycles. The predicted molar refractivity (Wildman–Crippen MR) is 340 cm³/mol. The summed E-state index contributed by atoms with van der Waals surface area (Å²) in [6, 6.07) is 107. The fraction of sp³-hybridized carbons (Fsp3) is 0.0390. The van der Waals surface area contributed by atoms with Gasteiger partial charge < -0.3 is 9.80 Å². The average molecular weight is 1020 g/mol. The molecule has 0 N–H and O–H groups in total. The first-order valence-corrected chi connectivity index (χ1v) is 28.0. The van der Waals surface area contributed by atoms with Gasteiger partial charge in [-0.2, -0.15) is 0 Å². The van der Waals surface area contributed by atoms with Crippen LogP contribution in [0.4, 0.5) is 34.1 Å². The number of hydrogen-bond donors (Lipinski definition) is 0. The molecule has 0 saturated carbocycles. The molecule has 0 unspecified atom stereocenters. The third-order valence-corrected chi connectivity index (χ3v) is 17.5. The van der Waals surface area contributed by atoms with Crippen molar-refractivity contribution in [2.24, 2.45) is 0 Å². The number of anilines is 6. The number of benzene rings is 13. The van der Waals surface area contributed by atoms with Crippen molar-refractivity contribution in [2.45, 2.75) is 19.3 Å². The number of rotatable bonds is 7. The minimum atomic E-state index is -0.176. The summed E-state index contributed by atoms with van der Waals surface area (Å²) in [6.45, 7) is 4.67. The number of hydrogen-bond acceptors (Lipinski definition) is 2. The molecule has 0 saturated heterocycles. The van der Waals surface area contributed by atoms with E-state index in [-0.39, 0.29) is 12.1 Å². The highest BCUT2D eigenvalue weighted by molar-refractivity contribution is 7.00. The zero-order chi connectivity index (χ0) is 53.1. The zero-order valence-corrected chi connectivity index (χ0v) is 44.6. The van der Waals surface area contributed by atoms with Crippen molar-refractivity contribution in [2.75, 3.05) is 9.80 Å². The number of fused-ring (bicyclic) bond motifs is 9. The van der Waals surface area contributed by atoms with Crippen LogP contribution >= 0.6 is 0 Å². The van der Waals surface area contributed by atoms with Crippen LogP contribution in [-0.2, 0) is 5.41 Å². The highest BCUT2D eigenvalue weighted by atomic mass is 15.2. The molecule has 13 aromatic rings. The first-order valence-electron chi connectivity index (χ1n) is 28.0. The van der Waals surface area contributed by atoms with Gasteiger partial charge in [0.05, 0.1) is 0 Å². The maximum Gasteiger partial charge on any atom is 0.252 e. The molecule has 0 aromatic heterocycles. The molecule has 0 amide bonds. The van der Waals surface area contributed by atoms with Gasteiger partial charge in [0, 0.05) is 39.5 Å². The lowest BCUT2D eigenvalue weighted by molar-refractivity contribution is 0.660. The Morgan fingerprint density at radius 3 is 1.07 bits per heavy atom. The van der Waals surface area contributed by atoms with Crippen molar-refractivity contribution in [3.8, 4) is 66.8 Å². The Balaban J connectivity index is 1.07. The highest BCUT2D eigenvalue weighted by Gasteiger charge is 2.45. The molecule has 3 heteroatoms. The summed E-state index contributed by atoms with van der Waals surface area (Å²) in [5.41, 5.74) is 27.7. The van der Waals surface area contributed by atoms with E-state index < -0.39 is 0 Å². The molecule has 2 nitrogen and oxygen atoms in total. The summed E-state index contributed by atoms with van der Waals surface area (Å²) in [5, 5.41) is 4.87. The van der Waals surface area contributed by atoms with Gasteiger partial charge in [0.1, 0.15) is 0 Å². The van der Waals surface area contributed by atoms with Crippen molar-refractivity contribution in [3.63, 3.8) is 0 Å². The summed E-state index contributed by atoms with van der Waals surface area (Å²) >= 11 is 0. The molecule has 16 rings (SSSR count). The Bertz CT molecular complexity index is 4270. The van der Waals surface area contributed by atoms with Crippen molar-refractivity contribution in [3.05, 3.63) is 296 Å². The van der Waals surface area contributed by atoms with E-state index in [2.05, 4.69) is 309 Å². The molecular formula is C77H53BN2. The molecule has 0 bridgehead atoms. The Labute approximate surface area is 468 Å². The first kappa shape index (κ1) is 46.2. The first-order chi connectivity index (χ1) is 39.4. The van der Waals surface area contributed by atoms with Crippen LogP contribution in [0.5, 0.6) is 0 Å². The quantitative estimate of drug-likeness (QED) is 0.147. The maximum absolute atomic E-state index is 2.63. The van der Waals surface area contributed by atoms with Crippen LogP contribution in [0.2, 0.25) is 0 Å². The van der Waals surface area contributed by atoms with E-state index in [1.165, 1.54) is 139 Å². The summed E-state index contributed by atoms with van der Waals surface area (Å²) < 4.78 is 0. The second kappa shape index (κ2) is 18.1. The van der Waals surface area contributed by atoms with Gasteiger partial charge in [0.2, 0.25) is 0 Å². The molecule has 374 valence electrons. The largest absolute Gasteiger partial charge is 0.311 e. The fourth-order valence-electron chi connectivity index (χ4n) is 13.7. The van der Waals surface area contributed by atoms with E-state index in [1.807, 2.05) is 0 Å². The van der Waals surface area contributed by atoms with Gasteiger partial charge in [0.25, 0.3) is 6.71 Å². The molecule has 2 heterocycles. The minimum Gasteiger partial charge on any atom is -0.311 e. The van der Waals surface area contributed by atoms with E-state index in [0.717, 1.165) is 11.4 Å². The summed E-state index contributed by atoms with van der Waals surface area (Å²) in [7, 11) is 0. The summed E-state index contributed by atoms with van der Waals surface area (Å²) in [6.07, 6.45) is 0. The van der Waals surface area contributed by atoms with E-state index in [1.54, 1.807) is 0 Å². The van der Waals surface area contributed by atoms with Crippen LogP contribution in [0.1, 0.15) is 25.0 Å². The predicted octanol–water partition coefficient (Wildman–Crippen LogP) is 18.7. The Hall–Kier alpha value is -9.96. The molecular weight excluding hydrogens is 964 g/mol. The van der Waals surface area contributed by atoms with Gasteiger partial charge in [0.15, 0.2) is 0 Å². The third kappa shape index (κ3) is 7.27. The van der Waals surface area contributed by atoms with Crippen LogP contribution in [0, 0.1) is 0 Å². The standard InChI is InChI=1S/C77H53BN2/c1-77(2)67-36-20-19-34-66(67)75-65(35-21-37-68(75)77)62-48-73-76-74(49-62)80(64-42-60(52-26-11-5-12-27-52)39-61(43-64)53-28-13-6-14-29-53)72-47-57-33-18-16-31-55(57)45-70(72)78(76)69-44-54-30-15-17-32-56(54)46-71(69)79(73)63-40-58(50-22-7-3-8-23-50)38-59(41-63)51-24-9-4-10-25-51/h3-49H,1-2H3. The third-order valence-electron chi connectivity index (χ3n) is 17.5. The van der Waals surface area contributed by atoms with Crippen molar-refractivity contribution < 1.29 is 0 Å². The lowest BCUT2D eigenvalue weighted by Gasteiger charge is -2.45. The average Bonchev–Trinajstić information content (AvgIpc) is 3.94. The molecule has 2 aliphatic heterocycles. The lowest BCUT2D eigenvalue weighted by atomic mass is 9.33. The van der Waals surface area contributed by atoms with Gasteiger partial charge in [-0.05, 0) is 176 Å². The smallest absolute Gasteiger partial charge is 0.252 e. The van der Waals surface area contributed by atoms with Crippen molar-refractivity contribution in [1.82, 2.24) is 0 Å². The summed E-state index contributed by atoms with van der Waals surface area (Å²) in [4.78, 5) is 5.25. The number of nitrogens with zero attached hydrogens (tertiary/aromatic N) is 2. The van der Waals surface area contributed by atoms with Crippen LogP contribution < -0.4 is 26.2 Å². The van der Waals surface area contributed by atoms with E-state index in [9.17, 15) is 0 Å². The van der Waals surface area contributed by atoms with E-state index in [4.69, 9.17) is 0 Å². The molecule has 0 atom stereocenters. The van der Waals surface area contributed by atoms with Gasteiger partial charge in [-0.3, -0.25) is 0 Å². The topological polar surface area (TPSA) is 6.48 Å². The minimum absolute atomic E-state index is 0.112. The SMILES string of the molecule is CC1(C)c2ccccc2-c2c(-c3cc4c5c(c3)N(c3cc(-c6ccccc6)cc(-c6ccccc6)c3)c3cc6ccccc6cc3B5c3cc5ccccc5cc3N4c3cc(-c4ccccc4)cc(-c4ccccc4)c3)cccc21. The lowest BCUT2D eigenvalue weighted by Crippen LogP contribution is -2.61.